The van der Waals surface area contributed by atoms with Crippen molar-refractivity contribution in [2.45, 2.75) is 12.8 Å². The molecule has 1 aromatic carbocycles. The fraction of sp³-hybridized carbons (Fsp3) is 0.267. The zero-order valence-corrected chi connectivity index (χ0v) is 12.2. The zero-order chi connectivity index (χ0) is 14.7. The minimum absolute atomic E-state index is 0.249. The van der Waals surface area contributed by atoms with Gasteiger partial charge in [-0.15, -0.1) is 10.2 Å². The van der Waals surface area contributed by atoms with Gasteiger partial charge < -0.3 is 10.2 Å². The Morgan fingerprint density at radius 1 is 1.14 bits per heavy atom. The van der Waals surface area contributed by atoms with Gasteiger partial charge in [-0.3, -0.25) is 4.79 Å². The van der Waals surface area contributed by atoms with Crippen LogP contribution in [0.2, 0.25) is 5.02 Å². The molecule has 2 heterocycles. The quantitative estimate of drug-likeness (QED) is 0.947. The summed E-state index contributed by atoms with van der Waals surface area (Å²) in [4.78, 5) is 14.2. The first-order valence-electron chi connectivity index (χ1n) is 6.88. The predicted octanol–water partition coefficient (Wildman–Crippen LogP) is 2.98. The number of carbonyl (C=O) groups is 1. The van der Waals surface area contributed by atoms with E-state index in [1.165, 1.54) is 12.8 Å². The molecule has 1 N–H and O–H groups in total. The van der Waals surface area contributed by atoms with Crippen LogP contribution in [0.25, 0.3) is 0 Å². The molecule has 1 saturated heterocycles. The number of halogens is 1. The van der Waals surface area contributed by atoms with E-state index in [0.717, 1.165) is 18.9 Å². The van der Waals surface area contributed by atoms with E-state index in [4.69, 9.17) is 11.6 Å². The molecule has 1 aromatic heterocycles. The second-order valence-electron chi connectivity index (χ2n) is 4.94. The third-order valence-electron chi connectivity index (χ3n) is 3.41. The number of hydrogen-bond acceptors (Lipinski definition) is 4. The standard InChI is InChI=1S/C15H15ClN4O/c16-12-5-3-4-11(10-12)15(21)17-13-6-7-14(19-18-13)20-8-1-2-9-20/h3-7,10H,1-2,8-9H2,(H,17,18,21). The Morgan fingerprint density at radius 3 is 2.62 bits per heavy atom. The Hall–Kier alpha value is -2.14. The van der Waals surface area contributed by atoms with Crippen molar-refractivity contribution in [3.05, 3.63) is 47.0 Å². The molecule has 2 aromatic rings. The number of carbonyl (C=O) groups excluding carboxylic acids is 1. The highest BCUT2D eigenvalue weighted by atomic mass is 35.5. The van der Waals surface area contributed by atoms with Gasteiger partial charge in [0, 0.05) is 23.7 Å². The Balaban J connectivity index is 1.68. The highest BCUT2D eigenvalue weighted by Crippen LogP contribution is 2.18. The summed E-state index contributed by atoms with van der Waals surface area (Å²) >= 11 is 5.87. The van der Waals surface area contributed by atoms with Crippen LogP contribution in [0.5, 0.6) is 0 Å². The first-order chi connectivity index (χ1) is 10.2. The summed E-state index contributed by atoms with van der Waals surface area (Å²) in [5.74, 6) is 1.04. The minimum atomic E-state index is -0.249. The van der Waals surface area contributed by atoms with Crippen LogP contribution in [0.15, 0.2) is 36.4 Å². The molecular weight excluding hydrogens is 288 g/mol. The van der Waals surface area contributed by atoms with Crippen LogP contribution >= 0.6 is 11.6 Å². The van der Waals surface area contributed by atoms with Crippen LogP contribution < -0.4 is 10.2 Å². The summed E-state index contributed by atoms with van der Waals surface area (Å²) in [7, 11) is 0. The van der Waals surface area contributed by atoms with E-state index in [1.54, 1.807) is 30.3 Å². The molecule has 1 amide bonds. The van der Waals surface area contributed by atoms with Gasteiger partial charge in [0.15, 0.2) is 11.6 Å². The summed E-state index contributed by atoms with van der Waals surface area (Å²) in [5.41, 5.74) is 0.493. The average Bonchev–Trinajstić information content (AvgIpc) is 3.02. The van der Waals surface area contributed by atoms with Crippen molar-refractivity contribution in [2.24, 2.45) is 0 Å². The van der Waals surface area contributed by atoms with Crippen molar-refractivity contribution in [1.82, 2.24) is 10.2 Å². The number of benzene rings is 1. The number of hydrogen-bond donors (Lipinski definition) is 1. The fourth-order valence-electron chi connectivity index (χ4n) is 2.32. The molecule has 6 heteroatoms. The van der Waals surface area contributed by atoms with Gasteiger partial charge in [-0.1, -0.05) is 17.7 Å². The maximum Gasteiger partial charge on any atom is 0.256 e. The molecule has 108 valence electrons. The molecule has 0 atom stereocenters. The molecule has 21 heavy (non-hydrogen) atoms. The summed E-state index contributed by atoms with van der Waals surface area (Å²) < 4.78 is 0. The van der Waals surface area contributed by atoms with E-state index < -0.39 is 0 Å². The van der Waals surface area contributed by atoms with Crippen LogP contribution in [0.3, 0.4) is 0 Å². The number of amides is 1. The van der Waals surface area contributed by atoms with E-state index in [2.05, 4.69) is 20.4 Å². The molecule has 0 unspecified atom stereocenters. The molecule has 1 aliphatic rings. The Morgan fingerprint density at radius 2 is 1.95 bits per heavy atom. The maximum atomic E-state index is 12.1. The van der Waals surface area contributed by atoms with Crippen molar-refractivity contribution < 1.29 is 4.79 Å². The lowest BCUT2D eigenvalue weighted by molar-refractivity contribution is 0.102. The summed E-state index contributed by atoms with van der Waals surface area (Å²) in [6, 6.07) is 10.4. The fourth-order valence-corrected chi connectivity index (χ4v) is 2.52. The normalized spacial score (nSPS) is 14.2. The third kappa shape index (κ3) is 3.31. The number of nitrogens with one attached hydrogen (secondary N) is 1. The molecule has 0 spiro atoms. The zero-order valence-electron chi connectivity index (χ0n) is 11.4. The summed E-state index contributed by atoms with van der Waals surface area (Å²) in [5, 5.41) is 11.5. The van der Waals surface area contributed by atoms with Gasteiger partial charge >= 0.3 is 0 Å². The molecule has 0 saturated carbocycles. The topological polar surface area (TPSA) is 58.1 Å². The van der Waals surface area contributed by atoms with Crippen LogP contribution in [0.1, 0.15) is 23.2 Å². The molecule has 3 rings (SSSR count). The van der Waals surface area contributed by atoms with Crippen LogP contribution in [-0.2, 0) is 0 Å². The molecule has 1 aliphatic heterocycles. The highest BCUT2D eigenvalue weighted by molar-refractivity contribution is 6.31. The van der Waals surface area contributed by atoms with Crippen LogP contribution in [0.4, 0.5) is 11.6 Å². The molecule has 0 radical (unpaired) electrons. The smallest absolute Gasteiger partial charge is 0.256 e. The largest absolute Gasteiger partial charge is 0.355 e. The minimum Gasteiger partial charge on any atom is -0.355 e. The number of rotatable bonds is 3. The van der Waals surface area contributed by atoms with Crippen molar-refractivity contribution in [3.63, 3.8) is 0 Å². The highest BCUT2D eigenvalue weighted by Gasteiger charge is 2.14. The van der Waals surface area contributed by atoms with E-state index in [-0.39, 0.29) is 5.91 Å². The lowest BCUT2D eigenvalue weighted by Crippen LogP contribution is -2.20. The van der Waals surface area contributed by atoms with Gasteiger partial charge in [-0.05, 0) is 43.2 Å². The first-order valence-corrected chi connectivity index (χ1v) is 7.26. The molecule has 0 bridgehead atoms. The van der Waals surface area contributed by atoms with Crippen molar-refractivity contribution >= 4 is 29.1 Å². The number of nitrogens with zero attached hydrogens (tertiary/aromatic N) is 3. The van der Waals surface area contributed by atoms with Crippen molar-refractivity contribution in [3.8, 4) is 0 Å². The third-order valence-corrected chi connectivity index (χ3v) is 3.64. The van der Waals surface area contributed by atoms with Crippen molar-refractivity contribution in [2.75, 3.05) is 23.3 Å². The SMILES string of the molecule is O=C(Nc1ccc(N2CCCC2)nn1)c1cccc(Cl)c1. The first kappa shape index (κ1) is 13.8. The Labute approximate surface area is 127 Å². The predicted molar refractivity (Wildman–Crippen MR) is 82.9 cm³/mol. The van der Waals surface area contributed by atoms with E-state index in [9.17, 15) is 4.79 Å². The van der Waals surface area contributed by atoms with E-state index >= 15 is 0 Å². The van der Waals surface area contributed by atoms with Crippen molar-refractivity contribution in [1.29, 1.82) is 0 Å². The summed E-state index contributed by atoms with van der Waals surface area (Å²) in [6.45, 7) is 2.03. The van der Waals surface area contributed by atoms with Gasteiger partial charge in [-0.2, -0.15) is 0 Å². The molecular formula is C15H15ClN4O. The monoisotopic (exact) mass is 302 g/mol. The molecule has 5 nitrogen and oxygen atoms in total. The lowest BCUT2D eigenvalue weighted by atomic mass is 10.2. The van der Waals surface area contributed by atoms with E-state index in [0.29, 0.717) is 16.4 Å². The number of anilines is 2. The Bertz CT molecular complexity index is 638. The van der Waals surface area contributed by atoms with Crippen LogP contribution in [0, 0.1) is 0 Å². The Kier molecular flexibility index (Phi) is 4.01. The van der Waals surface area contributed by atoms with Gasteiger partial charge in [0.05, 0.1) is 0 Å². The van der Waals surface area contributed by atoms with Crippen LogP contribution in [-0.4, -0.2) is 29.2 Å². The second-order valence-corrected chi connectivity index (χ2v) is 5.37. The molecule has 0 aliphatic carbocycles. The lowest BCUT2D eigenvalue weighted by Gasteiger charge is -2.15. The summed E-state index contributed by atoms with van der Waals surface area (Å²) in [6.07, 6.45) is 2.38. The van der Waals surface area contributed by atoms with Gasteiger partial charge in [0.2, 0.25) is 0 Å². The average molecular weight is 303 g/mol. The number of aromatic nitrogens is 2. The maximum absolute atomic E-state index is 12.1. The second kappa shape index (κ2) is 6.10. The van der Waals surface area contributed by atoms with E-state index in [1.807, 2.05) is 6.07 Å². The van der Waals surface area contributed by atoms with Gasteiger partial charge in [0.1, 0.15) is 0 Å². The van der Waals surface area contributed by atoms with Gasteiger partial charge in [0.25, 0.3) is 5.91 Å². The van der Waals surface area contributed by atoms with Gasteiger partial charge in [-0.25, -0.2) is 0 Å². The molecule has 1 fully saturated rings.